The van der Waals surface area contributed by atoms with E-state index in [1.165, 1.54) is 6.26 Å². The number of aromatic nitrogens is 2. The number of fused-ring (bicyclic) bond motifs is 1. The van der Waals surface area contributed by atoms with Gasteiger partial charge in [0.15, 0.2) is 15.5 Å². The molecule has 2 aromatic carbocycles. The number of guanidine groups is 1. The number of nitrogens with zero attached hydrogens (tertiary/aromatic N) is 2. The zero-order valence-electron chi connectivity index (χ0n) is 16.1. The molecule has 0 fully saturated rings. The molecule has 3 aromatic rings. The lowest BCUT2D eigenvalue weighted by atomic mass is 9.98. The lowest BCUT2D eigenvalue weighted by molar-refractivity contribution is 0.472. The van der Waals surface area contributed by atoms with Crippen LogP contribution in [0.15, 0.2) is 65.9 Å². The summed E-state index contributed by atoms with van der Waals surface area (Å²) in [6.07, 6.45) is 6.77. The highest BCUT2D eigenvalue weighted by Crippen LogP contribution is 2.28. The molecule has 1 aromatic heterocycles. The summed E-state index contributed by atoms with van der Waals surface area (Å²) in [5, 5.41) is 17.7. The first-order valence-electron chi connectivity index (χ1n) is 9.07. The van der Waals surface area contributed by atoms with Gasteiger partial charge in [0.1, 0.15) is 0 Å². The van der Waals surface area contributed by atoms with Crippen LogP contribution in [0.3, 0.4) is 0 Å². The summed E-state index contributed by atoms with van der Waals surface area (Å²) in [5.74, 6) is 0.538. The molecule has 1 aliphatic rings. The molecule has 0 aliphatic carbocycles. The van der Waals surface area contributed by atoms with Gasteiger partial charge in [-0.3, -0.25) is 10.4 Å². The van der Waals surface area contributed by atoms with Gasteiger partial charge < -0.3 is 10.6 Å². The zero-order valence-corrected chi connectivity index (χ0v) is 16.9. The Bertz CT molecular complexity index is 1210. The van der Waals surface area contributed by atoms with Crippen molar-refractivity contribution in [3.63, 3.8) is 0 Å². The predicted molar refractivity (Wildman–Crippen MR) is 115 cm³/mol. The molecular formula is C20H22N6O2S. The van der Waals surface area contributed by atoms with Crippen molar-refractivity contribution in [2.75, 3.05) is 18.6 Å². The average molecular weight is 411 g/mol. The van der Waals surface area contributed by atoms with E-state index in [1.54, 1.807) is 18.3 Å². The Balaban J connectivity index is 1.64. The Kier molecular flexibility index (Phi) is 4.85. The van der Waals surface area contributed by atoms with Crippen LogP contribution >= 0.6 is 0 Å². The van der Waals surface area contributed by atoms with Gasteiger partial charge in [-0.25, -0.2) is 13.4 Å². The van der Waals surface area contributed by atoms with Gasteiger partial charge in [0.05, 0.1) is 17.5 Å². The van der Waals surface area contributed by atoms with Crippen molar-refractivity contribution in [2.45, 2.75) is 11.4 Å². The summed E-state index contributed by atoms with van der Waals surface area (Å²) in [7, 11) is -1.25. The molecular weight excluding hydrogens is 388 g/mol. The molecule has 150 valence electrons. The SMILES string of the molecule is CNC1(c2ccc3cn[nH]c3c2)C=CNC(Nc2cccc(CS(C)(=O)=O)c2)=N1. The molecule has 1 unspecified atom stereocenters. The van der Waals surface area contributed by atoms with E-state index in [4.69, 9.17) is 4.99 Å². The molecule has 8 nitrogen and oxygen atoms in total. The number of aromatic amines is 1. The molecule has 1 aliphatic heterocycles. The summed E-state index contributed by atoms with van der Waals surface area (Å²) >= 11 is 0. The van der Waals surface area contributed by atoms with Gasteiger partial charge in [0, 0.05) is 29.1 Å². The summed E-state index contributed by atoms with van der Waals surface area (Å²) in [6, 6.07) is 13.3. The number of likely N-dealkylation sites (N-methyl/N-ethyl adjacent to an activating group) is 1. The van der Waals surface area contributed by atoms with Crippen LogP contribution in [-0.2, 0) is 21.3 Å². The van der Waals surface area contributed by atoms with Crippen molar-refractivity contribution < 1.29 is 8.42 Å². The maximum absolute atomic E-state index is 11.6. The minimum absolute atomic E-state index is 0.00697. The van der Waals surface area contributed by atoms with E-state index in [0.29, 0.717) is 11.5 Å². The standard InChI is InChI=1S/C20H22N6O2S/c1-21-20(16-7-6-15-12-23-26-18(15)11-16)8-9-22-19(25-20)24-17-5-3-4-14(10-17)13-29(2,27)28/h3-12,21H,13H2,1-2H3,(H,23,26)(H2,22,24,25). The molecule has 4 rings (SSSR count). The van der Waals surface area contributed by atoms with Gasteiger partial charge in [-0.05, 0) is 36.9 Å². The van der Waals surface area contributed by atoms with Gasteiger partial charge in [-0.1, -0.05) is 24.3 Å². The van der Waals surface area contributed by atoms with E-state index in [9.17, 15) is 8.42 Å². The number of hydrogen-bond acceptors (Lipinski definition) is 7. The molecule has 0 amide bonds. The van der Waals surface area contributed by atoms with Crippen molar-refractivity contribution in [3.8, 4) is 0 Å². The maximum atomic E-state index is 11.6. The monoisotopic (exact) mass is 410 g/mol. The molecule has 0 saturated heterocycles. The number of anilines is 1. The lowest BCUT2D eigenvalue weighted by Crippen LogP contribution is -2.43. The maximum Gasteiger partial charge on any atom is 0.202 e. The van der Waals surface area contributed by atoms with E-state index in [2.05, 4.69) is 26.1 Å². The van der Waals surface area contributed by atoms with Gasteiger partial charge in [-0.15, -0.1) is 0 Å². The third kappa shape index (κ3) is 4.15. The van der Waals surface area contributed by atoms with Gasteiger partial charge in [0.2, 0.25) is 5.96 Å². The Morgan fingerprint density at radius 3 is 2.83 bits per heavy atom. The zero-order chi connectivity index (χ0) is 20.5. The van der Waals surface area contributed by atoms with Crippen LogP contribution in [0.1, 0.15) is 11.1 Å². The fraction of sp³-hybridized carbons (Fsp3) is 0.200. The number of H-pyrrole nitrogens is 1. The molecule has 9 heteroatoms. The summed E-state index contributed by atoms with van der Waals surface area (Å²) in [6.45, 7) is 0. The molecule has 4 N–H and O–H groups in total. The average Bonchev–Trinajstić information content (AvgIpc) is 3.15. The Morgan fingerprint density at radius 1 is 1.17 bits per heavy atom. The number of sulfone groups is 1. The van der Waals surface area contributed by atoms with E-state index in [-0.39, 0.29) is 5.75 Å². The third-order valence-electron chi connectivity index (χ3n) is 4.71. The second kappa shape index (κ2) is 7.34. The normalized spacial score (nSPS) is 19.0. The van der Waals surface area contributed by atoms with Crippen molar-refractivity contribution in [1.82, 2.24) is 20.8 Å². The number of aliphatic imine (C=N–C) groups is 1. The highest BCUT2D eigenvalue weighted by atomic mass is 32.2. The van der Waals surface area contributed by atoms with E-state index in [1.807, 2.05) is 49.7 Å². The smallest absolute Gasteiger partial charge is 0.202 e. The van der Waals surface area contributed by atoms with Crippen molar-refractivity contribution in [3.05, 3.63) is 72.1 Å². The van der Waals surface area contributed by atoms with Crippen molar-refractivity contribution in [1.29, 1.82) is 0 Å². The first-order chi connectivity index (χ1) is 13.9. The minimum Gasteiger partial charge on any atom is -0.333 e. The van der Waals surface area contributed by atoms with Crippen LogP contribution in [0.2, 0.25) is 0 Å². The Labute approximate surface area is 169 Å². The molecule has 1 atom stereocenters. The quantitative estimate of drug-likeness (QED) is 0.512. The molecule has 29 heavy (non-hydrogen) atoms. The van der Waals surface area contributed by atoms with E-state index < -0.39 is 15.5 Å². The number of benzene rings is 2. The fourth-order valence-electron chi connectivity index (χ4n) is 3.35. The van der Waals surface area contributed by atoms with Crippen LogP contribution in [0.5, 0.6) is 0 Å². The third-order valence-corrected chi connectivity index (χ3v) is 5.57. The summed E-state index contributed by atoms with van der Waals surface area (Å²) in [5.41, 5.74) is 2.61. The highest BCUT2D eigenvalue weighted by molar-refractivity contribution is 7.89. The van der Waals surface area contributed by atoms with Gasteiger partial charge in [-0.2, -0.15) is 5.10 Å². The first kappa shape index (κ1) is 19.2. The number of nitrogens with one attached hydrogen (secondary N) is 4. The predicted octanol–water partition coefficient (Wildman–Crippen LogP) is 2.06. The molecule has 0 radical (unpaired) electrons. The van der Waals surface area contributed by atoms with Crippen molar-refractivity contribution >= 4 is 32.4 Å². The molecule has 0 saturated carbocycles. The lowest BCUT2D eigenvalue weighted by Gasteiger charge is -2.31. The fourth-order valence-corrected chi connectivity index (χ4v) is 4.13. The van der Waals surface area contributed by atoms with Crippen LogP contribution < -0.4 is 16.0 Å². The topological polar surface area (TPSA) is 111 Å². The minimum atomic E-state index is -3.10. The van der Waals surface area contributed by atoms with E-state index >= 15 is 0 Å². The summed E-state index contributed by atoms with van der Waals surface area (Å²) < 4.78 is 23.2. The van der Waals surface area contributed by atoms with Gasteiger partial charge in [0.25, 0.3) is 0 Å². The van der Waals surface area contributed by atoms with Crippen molar-refractivity contribution in [2.24, 2.45) is 4.99 Å². The van der Waals surface area contributed by atoms with Crippen LogP contribution in [0, 0.1) is 0 Å². The van der Waals surface area contributed by atoms with Gasteiger partial charge >= 0.3 is 0 Å². The Hall–Kier alpha value is -3.17. The molecule has 0 bridgehead atoms. The largest absolute Gasteiger partial charge is 0.333 e. The molecule has 0 spiro atoms. The number of rotatable bonds is 5. The van der Waals surface area contributed by atoms with Crippen LogP contribution in [0.25, 0.3) is 10.9 Å². The second-order valence-electron chi connectivity index (χ2n) is 7.02. The first-order valence-corrected chi connectivity index (χ1v) is 11.1. The van der Waals surface area contributed by atoms with E-state index in [0.717, 1.165) is 22.2 Å². The molecule has 2 heterocycles. The number of hydrogen-bond donors (Lipinski definition) is 4. The van der Waals surface area contributed by atoms with Crippen LogP contribution in [0.4, 0.5) is 5.69 Å². The highest BCUT2D eigenvalue weighted by Gasteiger charge is 2.30. The Morgan fingerprint density at radius 2 is 2.03 bits per heavy atom. The summed E-state index contributed by atoms with van der Waals surface area (Å²) in [4.78, 5) is 4.84. The van der Waals surface area contributed by atoms with Crippen LogP contribution in [-0.4, -0.2) is 37.9 Å². The second-order valence-corrected chi connectivity index (χ2v) is 9.16.